The van der Waals surface area contributed by atoms with E-state index in [9.17, 15) is 18.8 Å². The lowest BCUT2D eigenvalue weighted by Crippen LogP contribution is -2.45. The molecule has 0 atom stereocenters. The van der Waals surface area contributed by atoms with Gasteiger partial charge in [-0.15, -0.1) is 11.3 Å². The quantitative estimate of drug-likeness (QED) is 0.489. The fraction of sp³-hybridized carbons (Fsp3) is 0.292. The topological polar surface area (TPSA) is 91.0 Å². The maximum absolute atomic E-state index is 13.2. The molecule has 0 spiro atoms. The third-order valence-corrected chi connectivity index (χ3v) is 6.21. The number of aromatic nitrogens is 1. The van der Waals surface area contributed by atoms with Crippen LogP contribution in [-0.4, -0.2) is 54.3 Å². The van der Waals surface area contributed by atoms with E-state index >= 15 is 0 Å². The van der Waals surface area contributed by atoms with Gasteiger partial charge in [0.25, 0.3) is 5.56 Å². The van der Waals surface area contributed by atoms with Crippen molar-refractivity contribution in [2.75, 3.05) is 32.9 Å². The molecule has 3 heterocycles. The first kappa shape index (κ1) is 23.7. The summed E-state index contributed by atoms with van der Waals surface area (Å²) in [5, 5.41) is 0. The summed E-state index contributed by atoms with van der Waals surface area (Å²) in [6.45, 7) is 3.46. The second-order valence-corrected chi connectivity index (χ2v) is 8.50. The average molecular weight is 487 g/mol. The van der Waals surface area contributed by atoms with Crippen molar-refractivity contribution in [1.29, 1.82) is 0 Å². The number of furan rings is 1. The molecule has 4 rings (SSSR count). The van der Waals surface area contributed by atoms with Gasteiger partial charge in [-0.2, -0.15) is 0 Å². The molecule has 1 fully saturated rings. The first-order valence-corrected chi connectivity index (χ1v) is 11.6. The van der Waals surface area contributed by atoms with Crippen LogP contribution in [-0.2, 0) is 25.6 Å². The van der Waals surface area contributed by atoms with Gasteiger partial charge < -0.3 is 18.8 Å². The highest BCUT2D eigenvalue weighted by Gasteiger charge is 2.19. The van der Waals surface area contributed by atoms with Gasteiger partial charge >= 0.3 is 5.97 Å². The minimum Gasteiger partial charge on any atom is -0.463 e. The van der Waals surface area contributed by atoms with Crippen LogP contribution in [0.4, 0.5) is 4.39 Å². The SMILES string of the molecule is CCOC(=O)/C=c1\s/c(=C\c2ccc(-c3ccc(F)cc3)o2)c(=O)n1CC(=O)N1CCOCC1. The van der Waals surface area contributed by atoms with E-state index in [2.05, 4.69) is 0 Å². The summed E-state index contributed by atoms with van der Waals surface area (Å²) in [5.74, 6) is -0.251. The van der Waals surface area contributed by atoms with Gasteiger partial charge in [-0.1, -0.05) is 0 Å². The van der Waals surface area contributed by atoms with Gasteiger partial charge in [0, 0.05) is 24.7 Å². The number of halogens is 1. The monoisotopic (exact) mass is 486 g/mol. The standard InChI is InChI=1S/C24H23FN2O6S/c1-2-32-23(29)14-22-27(15-21(28)26-9-11-31-12-10-26)24(30)20(34-22)13-18-7-8-19(33-18)16-3-5-17(25)6-4-16/h3-8,13-14H,2,9-12,15H2,1H3/b20-13-,22-14-. The molecule has 1 amide bonds. The largest absolute Gasteiger partial charge is 0.463 e. The summed E-state index contributed by atoms with van der Waals surface area (Å²) >= 11 is 1.06. The molecular weight excluding hydrogens is 463 g/mol. The van der Waals surface area contributed by atoms with E-state index in [1.54, 1.807) is 42.2 Å². The molecule has 1 aromatic carbocycles. The number of rotatable bonds is 6. The van der Waals surface area contributed by atoms with Crippen molar-refractivity contribution < 1.29 is 27.9 Å². The molecule has 178 valence electrons. The lowest BCUT2D eigenvalue weighted by atomic mass is 10.2. The number of esters is 1. The van der Waals surface area contributed by atoms with Crippen molar-refractivity contribution in [3.05, 3.63) is 67.5 Å². The molecule has 1 aliphatic rings. The van der Waals surface area contributed by atoms with Gasteiger partial charge in [-0.3, -0.25) is 14.2 Å². The first-order valence-electron chi connectivity index (χ1n) is 10.8. The van der Waals surface area contributed by atoms with Crippen molar-refractivity contribution in [1.82, 2.24) is 9.47 Å². The Balaban J connectivity index is 1.69. The van der Waals surface area contributed by atoms with Crippen LogP contribution in [0.15, 0.2) is 45.6 Å². The molecule has 0 saturated carbocycles. The van der Waals surface area contributed by atoms with Crippen molar-refractivity contribution in [2.45, 2.75) is 13.5 Å². The Morgan fingerprint density at radius 3 is 2.59 bits per heavy atom. The Morgan fingerprint density at radius 1 is 1.15 bits per heavy atom. The molecule has 0 radical (unpaired) electrons. The molecule has 10 heteroatoms. The summed E-state index contributed by atoms with van der Waals surface area (Å²) in [7, 11) is 0. The molecule has 34 heavy (non-hydrogen) atoms. The fourth-order valence-electron chi connectivity index (χ4n) is 3.45. The maximum atomic E-state index is 13.2. The van der Waals surface area contributed by atoms with Crippen LogP contribution < -0.4 is 14.8 Å². The van der Waals surface area contributed by atoms with E-state index < -0.39 is 11.5 Å². The number of nitrogens with zero attached hydrogens (tertiary/aromatic N) is 2. The zero-order valence-corrected chi connectivity index (χ0v) is 19.3. The maximum Gasteiger partial charge on any atom is 0.333 e. The van der Waals surface area contributed by atoms with Crippen molar-refractivity contribution in [3.8, 4) is 11.3 Å². The minimum absolute atomic E-state index is 0.190. The number of amides is 1. The summed E-state index contributed by atoms with van der Waals surface area (Å²) < 4.78 is 31.1. The normalized spacial score (nSPS) is 15.1. The van der Waals surface area contributed by atoms with Crippen LogP contribution >= 0.6 is 11.3 Å². The lowest BCUT2D eigenvalue weighted by Gasteiger charge is -2.26. The Bertz CT molecular complexity index is 1350. The summed E-state index contributed by atoms with van der Waals surface area (Å²) in [6.07, 6.45) is 2.77. The predicted octanol–water partition coefficient (Wildman–Crippen LogP) is 1.34. The van der Waals surface area contributed by atoms with Crippen LogP contribution in [0.5, 0.6) is 0 Å². The number of benzene rings is 1. The second kappa shape index (κ2) is 10.6. The van der Waals surface area contributed by atoms with Gasteiger partial charge in [-0.05, 0) is 43.3 Å². The number of carbonyl (C=O) groups excluding carboxylic acids is 2. The summed E-state index contributed by atoms with van der Waals surface area (Å²) in [4.78, 5) is 39.6. The smallest absolute Gasteiger partial charge is 0.333 e. The van der Waals surface area contributed by atoms with Gasteiger partial charge in [0.2, 0.25) is 5.91 Å². The van der Waals surface area contributed by atoms with E-state index in [0.717, 1.165) is 11.3 Å². The molecule has 0 N–H and O–H groups in total. The van der Waals surface area contributed by atoms with E-state index in [0.29, 0.717) is 52.6 Å². The Labute approximate surface area is 198 Å². The van der Waals surface area contributed by atoms with Gasteiger partial charge in [0.15, 0.2) is 0 Å². The predicted molar refractivity (Wildman–Crippen MR) is 124 cm³/mol. The zero-order chi connectivity index (χ0) is 24.1. The van der Waals surface area contributed by atoms with Crippen LogP contribution in [0.3, 0.4) is 0 Å². The molecule has 0 bridgehead atoms. The number of ether oxygens (including phenoxy) is 2. The Morgan fingerprint density at radius 2 is 1.88 bits per heavy atom. The van der Waals surface area contributed by atoms with E-state index in [4.69, 9.17) is 13.9 Å². The minimum atomic E-state index is -0.598. The number of thiazole rings is 1. The second-order valence-electron chi connectivity index (χ2n) is 7.44. The van der Waals surface area contributed by atoms with Crippen LogP contribution in [0.25, 0.3) is 23.5 Å². The van der Waals surface area contributed by atoms with E-state index in [-0.39, 0.29) is 24.9 Å². The number of carbonyl (C=O) groups is 2. The number of hydrogen-bond donors (Lipinski definition) is 0. The zero-order valence-electron chi connectivity index (χ0n) is 18.5. The van der Waals surface area contributed by atoms with Crippen LogP contribution in [0, 0.1) is 5.82 Å². The summed E-state index contributed by atoms with van der Waals surface area (Å²) in [5.41, 5.74) is 0.277. The Hall–Kier alpha value is -3.50. The third kappa shape index (κ3) is 5.52. The highest BCUT2D eigenvalue weighted by molar-refractivity contribution is 7.07. The Kier molecular flexibility index (Phi) is 7.39. The molecule has 0 unspecified atom stereocenters. The van der Waals surface area contributed by atoms with Gasteiger partial charge in [0.1, 0.15) is 28.5 Å². The van der Waals surface area contributed by atoms with Crippen molar-refractivity contribution in [3.63, 3.8) is 0 Å². The molecule has 1 aliphatic heterocycles. The highest BCUT2D eigenvalue weighted by Crippen LogP contribution is 2.22. The first-order chi connectivity index (χ1) is 16.4. The fourth-order valence-corrected chi connectivity index (χ4v) is 4.47. The number of morpholine rings is 1. The summed E-state index contributed by atoms with van der Waals surface area (Å²) in [6, 6.07) is 9.28. The van der Waals surface area contributed by atoms with Crippen LogP contribution in [0.2, 0.25) is 0 Å². The average Bonchev–Trinajstić information content (AvgIpc) is 3.41. The number of hydrogen-bond acceptors (Lipinski definition) is 7. The van der Waals surface area contributed by atoms with E-state index in [1.807, 2.05) is 0 Å². The molecule has 3 aromatic rings. The van der Waals surface area contributed by atoms with Gasteiger partial charge in [-0.25, -0.2) is 9.18 Å². The highest BCUT2D eigenvalue weighted by atomic mass is 32.1. The molecular formula is C24H23FN2O6S. The lowest BCUT2D eigenvalue weighted by molar-refractivity contribution is -0.136. The molecule has 8 nitrogen and oxygen atoms in total. The molecule has 0 aliphatic carbocycles. The molecule has 1 saturated heterocycles. The van der Waals surface area contributed by atoms with Crippen molar-refractivity contribution >= 4 is 35.4 Å². The van der Waals surface area contributed by atoms with Crippen molar-refractivity contribution in [2.24, 2.45) is 0 Å². The molecule has 2 aromatic heterocycles. The van der Waals surface area contributed by atoms with E-state index in [1.165, 1.54) is 22.8 Å². The van der Waals surface area contributed by atoms with Gasteiger partial charge in [0.05, 0.1) is 30.4 Å². The third-order valence-electron chi connectivity index (χ3n) is 5.15. The van der Waals surface area contributed by atoms with Crippen LogP contribution in [0.1, 0.15) is 12.7 Å².